The van der Waals surface area contributed by atoms with Crippen LogP contribution in [0.1, 0.15) is 113 Å². The first kappa shape index (κ1) is 57.6. The van der Waals surface area contributed by atoms with E-state index in [9.17, 15) is 33.6 Å². The number of ketones is 2. The van der Waals surface area contributed by atoms with E-state index in [1.807, 2.05) is 24.9 Å². The second kappa shape index (κ2) is 32.3. The van der Waals surface area contributed by atoms with Crippen molar-refractivity contribution in [2.75, 3.05) is 27.0 Å². The van der Waals surface area contributed by atoms with Gasteiger partial charge in [0, 0.05) is 75.7 Å². The predicted octanol–water partition coefficient (Wildman–Crippen LogP) is 4.83. The van der Waals surface area contributed by atoms with Crippen LogP contribution >= 0.6 is 8.15 Å². The number of unbranched alkanes of at least 4 members (excludes halogenated alkanes) is 4. The molecule has 64 heavy (non-hydrogen) atoms. The fourth-order valence-electron chi connectivity index (χ4n) is 7.88. The number of hydrogen-bond donors (Lipinski definition) is 1. The zero-order chi connectivity index (χ0) is 46.7. The van der Waals surface area contributed by atoms with E-state index >= 15 is 0 Å². The number of benzene rings is 2. The number of carbonyl (C=O) groups is 7. The molecule has 2 aromatic rings. The molecular formula is C47H64LiO15P. The molecule has 2 aliphatic heterocycles. The molecule has 0 aromatic heterocycles. The summed E-state index contributed by atoms with van der Waals surface area (Å²) >= 11 is 0. The monoisotopic (exact) mass is 906 g/mol. The number of aliphatic hydroxyl groups excluding tert-OH is 1. The van der Waals surface area contributed by atoms with Gasteiger partial charge in [0.15, 0.2) is 5.78 Å². The minimum atomic E-state index is -0.511. The van der Waals surface area contributed by atoms with E-state index < -0.39 is 26.1 Å². The molecule has 0 amide bonds. The molecular weight excluding hydrogens is 842 g/mol. The molecule has 0 radical (unpaired) electrons. The van der Waals surface area contributed by atoms with Crippen molar-refractivity contribution in [3.8, 4) is 0 Å². The number of esters is 4. The van der Waals surface area contributed by atoms with Crippen LogP contribution in [0.2, 0.25) is 0 Å². The first-order valence-corrected chi connectivity index (χ1v) is 23.3. The maximum Gasteiger partial charge on any atom is 1.00 e. The Labute approximate surface area is 390 Å². The molecule has 0 spiro atoms. The van der Waals surface area contributed by atoms with Crippen molar-refractivity contribution in [3.05, 3.63) is 93.9 Å². The number of ether oxygens (including phenoxy) is 4. The van der Waals surface area contributed by atoms with E-state index in [-0.39, 0.29) is 86.5 Å². The van der Waals surface area contributed by atoms with Crippen molar-refractivity contribution < 1.29 is 82.4 Å². The first-order chi connectivity index (χ1) is 30.5. The largest absolute Gasteiger partial charge is 1.00 e. The number of Topliss-reactive ketones (excluding diaryl/α,β-unsaturated/α-hetero) is 1. The third-order valence-corrected chi connectivity index (χ3v) is 12.5. The molecule has 2 aromatic carbocycles. The smallest absolute Gasteiger partial charge is 1.00 e. The minimum absolute atomic E-state index is 0. The van der Waals surface area contributed by atoms with Crippen molar-refractivity contribution in [2.45, 2.75) is 115 Å². The van der Waals surface area contributed by atoms with Gasteiger partial charge in [0.05, 0.1) is 36.0 Å². The first-order valence-electron chi connectivity index (χ1n) is 21.4. The van der Waals surface area contributed by atoms with Crippen molar-refractivity contribution in [2.24, 2.45) is 23.7 Å². The molecule has 1 N–H and O–H groups in total. The molecule has 0 bridgehead atoms. The zero-order valence-corrected chi connectivity index (χ0v) is 38.8. The summed E-state index contributed by atoms with van der Waals surface area (Å²) in [6, 6.07) is 17.5. The normalized spacial score (nSPS) is 23.7. The molecule has 4 fully saturated rings. The molecule has 2 saturated carbocycles. The Kier molecular flexibility index (Phi) is 29.1. The van der Waals surface area contributed by atoms with E-state index in [1.54, 1.807) is 61.7 Å². The Bertz CT molecular complexity index is 1770. The Morgan fingerprint density at radius 3 is 1.61 bits per heavy atom. The minimum Gasteiger partial charge on any atom is -1.00 e. The van der Waals surface area contributed by atoms with Gasteiger partial charge in [-0.3, -0.25) is 19.2 Å². The van der Waals surface area contributed by atoms with Crippen LogP contribution in [0.5, 0.6) is 0 Å². The van der Waals surface area contributed by atoms with Crippen LogP contribution in [0, 0.1) is 33.6 Å². The summed E-state index contributed by atoms with van der Waals surface area (Å²) in [7, 11) is 2.18. The third kappa shape index (κ3) is 19.0. The van der Waals surface area contributed by atoms with E-state index in [1.165, 1.54) is 12.8 Å². The van der Waals surface area contributed by atoms with Crippen LogP contribution in [0.4, 0.5) is 0 Å². The summed E-state index contributed by atoms with van der Waals surface area (Å²) in [6.07, 6.45) is 12.4. The van der Waals surface area contributed by atoms with Crippen molar-refractivity contribution in [3.63, 3.8) is 0 Å². The van der Waals surface area contributed by atoms with Crippen LogP contribution in [0.3, 0.4) is 0 Å². The summed E-state index contributed by atoms with van der Waals surface area (Å²) in [5.41, 5.74) is 0.941. The van der Waals surface area contributed by atoms with Gasteiger partial charge in [-0.05, 0) is 49.8 Å². The number of rotatable bonds is 18. The number of allylic oxidation sites excluding steroid dienone is 1. The molecule has 2 aliphatic carbocycles. The van der Waals surface area contributed by atoms with E-state index in [0.717, 1.165) is 45.5 Å². The zero-order valence-electron chi connectivity index (χ0n) is 38.9. The Morgan fingerprint density at radius 1 is 0.734 bits per heavy atom. The van der Waals surface area contributed by atoms with Gasteiger partial charge in [-0.1, -0.05) is 82.0 Å². The van der Waals surface area contributed by atoms with Gasteiger partial charge in [0.2, 0.25) is 0 Å². The van der Waals surface area contributed by atoms with Gasteiger partial charge in [-0.25, -0.2) is 9.59 Å². The number of aliphatic hydroxyl groups is 1. The van der Waals surface area contributed by atoms with E-state index in [4.69, 9.17) is 38.5 Å². The maximum atomic E-state index is 12.4. The van der Waals surface area contributed by atoms with E-state index in [0.29, 0.717) is 48.8 Å². The molecule has 2 heterocycles. The van der Waals surface area contributed by atoms with Crippen molar-refractivity contribution in [1.29, 1.82) is 0 Å². The molecule has 17 heteroatoms. The fraction of sp³-hybridized carbons (Fsp3) is 0.553. The average molecular weight is 907 g/mol. The predicted molar refractivity (Wildman–Crippen MR) is 238 cm³/mol. The Balaban J connectivity index is 0.000000954. The standard InChI is InChI=1S/C22H26O5.C15H14O5.C9H19O2P.CH4O.Li.O2.H/c1-2-3-5-10-16(23)11-12-17-18-13-21(24)26-20(18)14-19(17)27-22(25)15-8-6-4-7-9-15;16-8-11-10-6-14(17)19-12(10)7-13(11)20-15(18)9-4-2-1-3-5-9;1-4-5-6-7-9(10)8-12(3)11-2;1-2;;1-2;/h4,6-9,11-12,17-20H,2-3,5,10,13-14H2,1H3;1-5,8,10-13H,6-7H2;4-8H2,1-3H3;2H,1H3;;;/q;;;;+1;;-1/b12-11+;;;;;;/t17-,18-,19-,20?;10-,11-,12?,13?;;;;;/m11...../s1. The molecule has 348 valence electrons. The summed E-state index contributed by atoms with van der Waals surface area (Å²) in [5.74, 6) is -1.73. The van der Waals surface area contributed by atoms with Gasteiger partial charge in [0.1, 0.15) is 36.5 Å². The van der Waals surface area contributed by atoms with Crippen LogP contribution in [-0.4, -0.2) is 98.3 Å². The van der Waals surface area contributed by atoms with Crippen LogP contribution < -0.4 is 18.9 Å². The van der Waals surface area contributed by atoms with Gasteiger partial charge < -0.3 is 34.8 Å². The topological polar surface area (TPSA) is 220 Å². The number of aldehydes is 1. The summed E-state index contributed by atoms with van der Waals surface area (Å²) in [4.78, 5) is 95.8. The molecule has 15 nitrogen and oxygen atoms in total. The van der Waals surface area contributed by atoms with Crippen LogP contribution in [-0.2, 0) is 47.4 Å². The molecule has 9 atom stereocenters. The Morgan fingerprint density at radius 2 is 1.17 bits per heavy atom. The van der Waals surface area contributed by atoms with E-state index in [2.05, 4.69) is 13.8 Å². The second-order valence-corrected chi connectivity index (χ2v) is 17.4. The summed E-state index contributed by atoms with van der Waals surface area (Å²) in [6.45, 7) is 6.24. The van der Waals surface area contributed by atoms with Gasteiger partial charge in [-0.15, -0.1) is 0 Å². The number of fused-ring (bicyclic) bond motifs is 2. The van der Waals surface area contributed by atoms with Crippen LogP contribution in [0.25, 0.3) is 0 Å². The maximum absolute atomic E-state index is 12.4. The SMILES string of the molecule is CCCCCC(=O)/C=C/[C@H]1[C@H](OC(=O)c2ccccc2)CC2OC(=O)C[C@@H]21.CCCCCC(=O)CP(C)OC.CO.O=C[C@H]1C(OC(=O)c2ccccc2)CC2OC(=O)C[C@@H]21.O=O.[H-].[Li+]. The summed E-state index contributed by atoms with van der Waals surface area (Å²) in [5, 5.41) is 7.00. The quantitative estimate of drug-likeness (QED) is 0.0403. The number of hydrogen-bond acceptors (Lipinski definition) is 15. The average Bonchev–Trinajstić information content (AvgIpc) is 4.03. The number of carbonyl (C=O) groups excluding carboxylic acids is 7. The van der Waals surface area contributed by atoms with Gasteiger partial charge in [-0.2, -0.15) is 0 Å². The Hall–Kier alpha value is -4.38. The molecule has 4 unspecified atom stereocenters. The van der Waals surface area contributed by atoms with Crippen LogP contribution in [0.15, 0.2) is 72.8 Å². The van der Waals surface area contributed by atoms with Crippen molar-refractivity contribution >= 4 is 49.9 Å². The molecule has 4 aliphatic rings. The van der Waals surface area contributed by atoms with Gasteiger partial charge >= 0.3 is 42.7 Å². The second-order valence-electron chi connectivity index (χ2n) is 15.4. The van der Waals surface area contributed by atoms with Crippen molar-refractivity contribution in [1.82, 2.24) is 0 Å². The fourth-order valence-corrected chi connectivity index (χ4v) is 8.66. The molecule has 6 rings (SSSR count). The van der Waals surface area contributed by atoms with Gasteiger partial charge in [0.25, 0.3) is 0 Å². The molecule has 2 saturated heterocycles. The third-order valence-electron chi connectivity index (χ3n) is 11.1. The summed E-state index contributed by atoms with van der Waals surface area (Å²) < 4.78 is 26.7.